The van der Waals surface area contributed by atoms with E-state index < -0.39 is 10.0 Å². The summed E-state index contributed by atoms with van der Waals surface area (Å²) >= 11 is 1.48. The highest BCUT2D eigenvalue weighted by Crippen LogP contribution is 2.35. The number of thiophene rings is 1. The summed E-state index contributed by atoms with van der Waals surface area (Å²) in [6.07, 6.45) is 4.88. The van der Waals surface area contributed by atoms with Gasteiger partial charge in [-0.3, -0.25) is 9.52 Å². The molecule has 0 aliphatic rings. The molecule has 0 bridgehead atoms. The topological polar surface area (TPSA) is 104 Å². The van der Waals surface area contributed by atoms with Crippen molar-refractivity contribution in [2.75, 3.05) is 16.3 Å². The van der Waals surface area contributed by atoms with Gasteiger partial charge in [0.05, 0.1) is 17.7 Å². The van der Waals surface area contributed by atoms with Crippen molar-refractivity contribution >= 4 is 49.0 Å². The van der Waals surface area contributed by atoms with E-state index in [9.17, 15) is 13.2 Å². The predicted octanol–water partition coefficient (Wildman–Crippen LogP) is 3.84. The molecule has 148 valence electrons. The Bertz CT molecular complexity index is 1290. The van der Waals surface area contributed by atoms with Crippen LogP contribution in [0.25, 0.3) is 21.5 Å². The molecule has 0 unspecified atom stereocenters. The van der Waals surface area contributed by atoms with Crippen molar-refractivity contribution in [1.29, 1.82) is 0 Å². The van der Waals surface area contributed by atoms with E-state index in [1.807, 2.05) is 30.5 Å². The molecule has 29 heavy (non-hydrogen) atoms. The average Bonchev–Trinajstić information content (AvgIpc) is 3.27. The van der Waals surface area contributed by atoms with E-state index >= 15 is 0 Å². The van der Waals surface area contributed by atoms with Crippen LogP contribution in [0.4, 0.5) is 10.7 Å². The zero-order valence-electron chi connectivity index (χ0n) is 15.5. The first-order chi connectivity index (χ1) is 13.9. The van der Waals surface area contributed by atoms with Crippen LogP contribution in [0.5, 0.6) is 0 Å². The molecular formula is C20H18N4O3S2. The number of pyridine rings is 1. The van der Waals surface area contributed by atoms with E-state index in [1.54, 1.807) is 30.5 Å². The number of rotatable bonds is 6. The smallest absolute Gasteiger partial charge is 0.229 e. The third kappa shape index (κ3) is 4.64. The maximum atomic E-state index is 12.4. The number of anilines is 2. The van der Waals surface area contributed by atoms with Crippen LogP contribution in [0.1, 0.15) is 5.56 Å². The second-order valence-electron chi connectivity index (χ2n) is 6.57. The molecule has 1 aromatic carbocycles. The Hall–Kier alpha value is -3.17. The summed E-state index contributed by atoms with van der Waals surface area (Å²) in [6, 6.07) is 14.5. The third-order valence-electron chi connectivity index (χ3n) is 4.18. The zero-order chi connectivity index (χ0) is 20.4. The van der Waals surface area contributed by atoms with E-state index in [-0.39, 0.29) is 12.3 Å². The molecule has 4 rings (SSSR count). The lowest BCUT2D eigenvalue weighted by Crippen LogP contribution is -2.14. The van der Waals surface area contributed by atoms with Gasteiger partial charge < -0.3 is 10.3 Å². The van der Waals surface area contributed by atoms with Crippen LogP contribution < -0.4 is 10.0 Å². The Morgan fingerprint density at radius 2 is 2.03 bits per heavy atom. The van der Waals surface area contributed by atoms with Gasteiger partial charge in [0.2, 0.25) is 15.9 Å². The van der Waals surface area contributed by atoms with Crippen molar-refractivity contribution in [3.8, 4) is 10.4 Å². The number of nitrogens with one attached hydrogen (secondary N) is 3. The van der Waals surface area contributed by atoms with Crippen LogP contribution in [0.15, 0.2) is 60.9 Å². The molecule has 4 aromatic rings. The summed E-state index contributed by atoms with van der Waals surface area (Å²) in [6.45, 7) is 0. The lowest BCUT2D eigenvalue weighted by atomic mass is 10.1. The SMILES string of the molecule is CS(=O)(=O)Nc1cccc(CC(=O)Nc2ccc(-c3c[nH]c4ncccc34)s2)c1. The Balaban J connectivity index is 1.45. The van der Waals surface area contributed by atoms with Gasteiger partial charge in [-0.2, -0.15) is 0 Å². The molecule has 3 N–H and O–H groups in total. The van der Waals surface area contributed by atoms with E-state index in [4.69, 9.17) is 0 Å². The molecular weight excluding hydrogens is 408 g/mol. The summed E-state index contributed by atoms with van der Waals surface area (Å²) in [5, 5.41) is 4.68. The number of hydrogen-bond donors (Lipinski definition) is 3. The molecule has 0 atom stereocenters. The Morgan fingerprint density at radius 3 is 2.86 bits per heavy atom. The minimum Gasteiger partial charge on any atom is -0.345 e. The number of hydrogen-bond acceptors (Lipinski definition) is 5. The molecule has 7 nitrogen and oxygen atoms in total. The number of aromatic nitrogens is 2. The van der Waals surface area contributed by atoms with Gasteiger partial charge in [-0.15, -0.1) is 11.3 Å². The number of H-pyrrole nitrogens is 1. The minimum atomic E-state index is -3.36. The highest BCUT2D eigenvalue weighted by molar-refractivity contribution is 7.92. The number of fused-ring (bicyclic) bond motifs is 1. The largest absolute Gasteiger partial charge is 0.345 e. The highest BCUT2D eigenvalue weighted by atomic mass is 32.2. The van der Waals surface area contributed by atoms with Gasteiger partial charge in [-0.25, -0.2) is 13.4 Å². The molecule has 3 aromatic heterocycles. The van der Waals surface area contributed by atoms with Crippen LogP contribution in [-0.2, 0) is 21.2 Å². The van der Waals surface area contributed by atoms with E-state index in [2.05, 4.69) is 20.0 Å². The zero-order valence-corrected chi connectivity index (χ0v) is 17.1. The number of carbonyl (C=O) groups excluding carboxylic acids is 1. The number of nitrogens with zero attached hydrogens (tertiary/aromatic N) is 1. The Labute approximate surface area is 171 Å². The molecule has 9 heteroatoms. The van der Waals surface area contributed by atoms with Crippen LogP contribution in [-0.4, -0.2) is 30.5 Å². The van der Waals surface area contributed by atoms with Crippen molar-refractivity contribution in [1.82, 2.24) is 9.97 Å². The number of amides is 1. The molecule has 0 aliphatic heterocycles. The van der Waals surface area contributed by atoms with Crippen LogP contribution >= 0.6 is 11.3 Å². The first kappa shape index (κ1) is 19.2. The fraction of sp³-hybridized carbons (Fsp3) is 0.100. The number of aromatic amines is 1. The van der Waals surface area contributed by atoms with E-state index in [0.29, 0.717) is 5.69 Å². The van der Waals surface area contributed by atoms with Gasteiger partial charge in [0.25, 0.3) is 0 Å². The molecule has 0 saturated heterocycles. The van der Waals surface area contributed by atoms with Crippen LogP contribution in [0.2, 0.25) is 0 Å². The maximum Gasteiger partial charge on any atom is 0.229 e. The number of sulfonamides is 1. The van der Waals surface area contributed by atoms with Gasteiger partial charge in [-0.05, 0) is 42.0 Å². The van der Waals surface area contributed by atoms with E-state index in [1.165, 1.54) is 11.3 Å². The van der Waals surface area contributed by atoms with Crippen LogP contribution in [0.3, 0.4) is 0 Å². The first-order valence-corrected chi connectivity index (χ1v) is 11.5. The minimum absolute atomic E-state index is 0.142. The Kier molecular flexibility index (Phi) is 5.08. The summed E-state index contributed by atoms with van der Waals surface area (Å²) in [7, 11) is -3.36. The van der Waals surface area contributed by atoms with Crippen molar-refractivity contribution in [2.24, 2.45) is 0 Å². The predicted molar refractivity (Wildman–Crippen MR) is 117 cm³/mol. The lowest BCUT2D eigenvalue weighted by Gasteiger charge is -2.07. The molecule has 0 fully saturated rings. The Morgan fingerprint density at radius 1 is 1.17 bits per heavy atom. The van der Waals surface area contributed by atoms with Gasteiger partial charge in [-0.1, -0.05) is 12.1 Å². The van der Waals surface area contributed by atoms with Crippen LogP contribution in [0, 0.1) is 0 Å². The first-order valence-electron chi connectivity index (χ1n) is 8.76. The second kappa shape index (κ2) is 7.69. The maximum absolute atomic E-state index is 12.4. The second-order valence-corrected chi connectivity index (χ2v) is 9.40. The van der Waals surface area contributed by atoms with Crippen molar-refractivity contribution in [2.45, 2.75) is 6.42 Å². The quantitative estimate of drug-likeness (QED) is 0.436. The van der Waals surface area contributed by atoms with Gasteiger partial charge >= 0.3 is 0 Å². The molecule has 0 spiro atoms. The van der Waals surface area contributed by atoms with Crippen molar-refractivity contribution < 1.29 is 13.2 Å². The fourth-order valence-corrected chi connectivity index (χ4v) is 4.54. The summed E-state index contributed by atoms with van der Waals surface area (Å²) in [4.78, 5) is 20.9. The molecule has 1 amide bonds. The average molecular weight is 427 g/mol. The van der Waals surface area contributed by atoms with E-state index in [0.717, 1.165) is 38.3 Å². The molecule has 0 radical (unpaired) electrons. The summed E-state index contributed by atoms with van der Waals surface area (Å²) in [5.41, 5.74) is 3.02. The standard InChI is InChI=1S/C20H18N4O3S2/c1-29(26,27)24-14-5-2-4-13(10-14)11-18(25)23-19-8-7-17(28-19)16-12-22-20-15(16)6-3-9-21-20/h2-10,12,24H,11H2,1H3,(H,21,22)(H,23,25). The normalized spacial score (nSPS) is 11.5. The van der Waals surface area contributed by atoms with Crippen molar-refractivity contribution in [3.63, 3.8) is 0 Å². The fourth-order valence-electron chi connectivity index (χ4n) is 3.04. The molecule has 0 saturated carbocycles. The monoisotopic (exact) mass is 426 g/mol. The van der Waals surface area contributed by atoms with Gasteiger partial charge in [0, 0.05) is 33.9 Å². The van der Waals surface area contributed by atoms with Crippen molar-refractivity contribution in [3.05, 3.63) is 66.5 Å². The summed E-state index contributed by atoms with van der Waals surface area (Å²) < 4.78 is 25.1. The van der Waals surface area contributed by atoms with Gasteiger partial charge in [0.15, 0.2) is 0 Å². The van der Waals surface area contributed by atoms with Gasteiger partial charge in [0.1, 0.15) is 5.65 Å². The molecule has 0 aliphatic carbocycles. The lowest BCUT2D eigenvalue weighted by molar-refractivity contribution is -0.115. The number of benzene rings is 1. The third-order valence-corrected chi connectivity index (χ3v) is 5.82. The number of carbonyl (C=O) groups is 1. The molecule has 3 heterocycles. The highest BCUT2D eigenvalue weighted by Gasteiger charge is 2.11. The summed E-state index contributed by atoms with van der Waals surface area (Å²) in [5.74, 6) is -0.171.